The Morgan fingerprint density at radius 3 is 3.07 bits per heavy atom. The first-order chi connectivity index (χ1) is 14.5. The number of unbranched alkanes of at least 4 members (excludes halogenated alkanes) is 2. The molecule has 0 unspecified atom stereocenters. The first-order valence-electron chi connectivity index (χ1n) is 10.3. The molecule has 3 heterocycles. The summed E-state index contributed by atoms with van der Waals surface area (Å²) in [5.74, 6) is 0.669. The van der Waals surface area contributed by atoms with E-state index in [9.17, 15) is 9.18 Å². The summed E-state index contributed by atoms with van der Waals surface area (Å²) >= 11 is 0. The van der Waals surface area contributed by atoms with Gasteiger partial charge in [-0.3, -0.25) is 4.79 Å². The first-order valence-corrected chi connectivity index (χ1v) is 10.3. The molecule has 0 saturated heterocycles. The van der Waals surface area contributed by atoms with Gasteiger partial charge in [-0.25, -0.2) is 9.37 Å². The molecule has 158 valence electrons. The van der Waals surface area contributed by atoms with Crippen molar-refractivity contribution in [3.05, 3.63) is 35.9 Å². The molecule has 1 aromatic carbocycles. The van der Waals surface area contributed by atoms with Gasteiger partial charge in [-0.2, -0.15) is 9.97 Å². The average Bonchev–Trinajstić information content (AvgIpc) is 3.18. The Morgan fingerprint density at radius 2 is 2.20 bits per heavy atom. The maximum atomic E-state index is 13.5. The third kappa shape index (κ3) is 4.19. The van der Waals surface area contributed by atoms with E-state index in [-0.39, 0.29) is 23.7 Å². The number of nitrogens with zero attached hydrogens (tertiary/aromatic N) is 4. The Labute approximate surface area is 174 Å². The molecule has 0 fully saturated rings. The topological polar surface area (TPSA) is 113 Å². The van der Waals surface area contributed by atoms with Gasteiger partial charge in [-0.15, -0.1) is 0 Å². The minimum absolute atomic E-state index is 0.103. The van der Waals surface area contributed by atoms with Crippen molar-refractivity contribution in [3.8, 4) is 0 Å². The lowest BCUT2D eigenvalue weighted by atomic mass is 9.96. The second-order valence-electron chi connectivity index (χ2n) is 7.69. The maximum Gasteiger partial charge on any atom is 0.227 e. The standard InChI is InChI=1S/C21H26FN7O/c1-13-6-7-14-11-15(22)8-9-16(14)29(13)17(30)5-3-2-4-10-24-19-18-20(26-12-25-18)28-21(23)27-19/h8-9,11-13H,2-7,10H2,1H3,(H4,23,24,25,26,27,28)/t13-/m0/s1. The molecule has 0 aliphatic carbocycles. The van der Waals surface area contributed by atoms with Crippen molar-refractivity contribution in [3.63, 3.8) is 0 Å². The fourth-order valence-electron chi connectivity index (χ4n) is 3.98. The maximum absolute atomic E-state index is 13.5. The fourth-order valence-corrected chi connectivity index (χ4v) is 3.98. The Balaban J connectivity index is 1.26. The van der Waals surface area contributed by atoms with Gasteiger partial charge in [0.15, 0.2) is 11.5 Å². The number of benzene rings is 1. The van der Waals surface area contributed by atoms with Crippen molar-refractivity contribution in [1.82, 2.24) is 19.9 Å². The molecule has 1 amide bonds. The minimum Gasteiger partial charge on any atom is -0.368 e. The molecule has 0 radical (unpaired) electrons. The van der Waals surface area contributed by atoms with Crippen LogP contribution < -0.4 is 16.0 Å². The Hall–Kier alpha value is -3.23. The number of carbonyl (C=O) groups is 1. The number of hydrogen-bond donors (Lipinski definition) is 3. The number of H-pyrrole nitrogens is 1. The third-order valence-corrected chi connectivity index (χ3v) is 5.50. The van der Waals surface area contributed by atoms with Crippen molar-refractivity contribution >= 4 is 34.5 Å². The van der Waals surface area contributed by atoms with Gasteiger partial charge in [0.05, 0.1) is 6.33 Å². The number of nitrogen functional groups attached to an aromatic ring is 1. The van der Waals surface area contributed by atoms with Crippen LogP contribution in [0.2, 0.25) is 0 Å². The van der Waals surface area contributed by atoms with E-state index in [1.165, 1.54) is 6.07 Å². The normalized spacial score (nSPS) is 15.9. The number of rotatable bonds is 7. The van der Waals surface area contributed by atoms with Crippen LogP contribution in [0.4, 0.5) is 21.8 Å². The Morgan fingerprint density at radius 1 is 1.33 bits per heavy atom. The van der Waals surface area contributed by atoms with Crippen LogP contribution in [0.25, 0.3) is 11.2 Å². The highest BCUT2D eigenvalue weighted by Gasteiger charge is 2.27. The lowest BCUT2D eigenvalue weighted by Gasteiger charge is -2.35. The zero-order valence-corrected chi connectivity index (χ0v) is 17.0. The zero-order chi connectivity index (χ0) is 21.1. The summed E-state index contributed by atoms with van der Waals surface area (Å²) in [6.07, 6.45) is 6.30. The number of aromatic nitrogens is 4. The number of nitrogens with one attached hydrogen (secondary N) is 2. The van der Waals surface area contributed by atoms with Crippen molar-refractivity contribution in [2.75, 3.05) is 22.5 Å². The molecule has 0 saturated carbocycles. The lowest BCUT2D eigenvalue weighted by molar-refractivity contribution is -0.119. The molecular formula is C21H26FN7O. The second-order valence-corrected chi connectivity index (χ2v) is 7.69. The molecule has 1 aliphatic rings. The molecule has 8 nitrogen and oxygen atoms in total. The van der Waals surface area contributed by atoms with Crippen molar-refractivity contribution < 1.29 is 9.18 Å². The number of aryl methyl sites for hydroxylation is 1. The molecular weight excluding hydrogens is 385 g/mol. The number of fused-ring (bicyclic) bond motifs is 2. The number of anilines is 3. The van der Waals surface area contributed by atoms with E-state index in [0.29, 0.717) is 24.4 Å². The predicted octanol–water partition coefficient (Wildman–Crippen LogP) is 3.41. The van der Waals surface area contributed by atoms with E-state index in [2.05, 4.69) is 32.2 Å². The quantitative estimate of drug-likeness (QED) is 0.514. The van der Waals surface area contributed by atoms with Gasteiger partial charge < -0.3 is 20.9 Å². The summed E-state index contributed by atoms with van der Waals surface area (Å²) in [6.45, 7) is 2.76. The number of hydrogen-bond acceptors (Lipinski definition) is 6. The van der Waals surface area contributed by atoms with E-state index in [1.807, 2.05) is 4.90 Å². The van der Waals surface area contributed by atoms with E-state index in [1.54, 1.807) is 18.5 Å². The largest absolute Gasteiger partial charge is 0.368 e. The minimum atomic E-state index is -0.249. The van der Waals surface area contributed by atoms with Crippen LogP contribution in [0.1, 0.15) is 44.6 Å². The fraction of sp³-hybridized carbons (Fsp3) is 0.429. The second kappa shape index (κ2) is 8.64. The van der Waals surface area contributed by atoms with Gasteiger partial charge >= 0.3 is 0 Å². The van der Waals surface area contributed by atoms with Crippen LogP contribution in [-0.2, 0) is 11.2 Å². The first kappa shape index (κ1) is 20.1. The molecule has 4 rings (SSSR count). The Kier molecular flexibility index (Phi) is 5.78. The van der Waals surface area contributed by atoms with Gasteiger partial charge in [0.2, 0.25) is 11.9 Å². The molecule has 30 heavy (non-hydrogen) atoms. The third-order valence-electron chi connectivity index (χ3n) is 5.50. The lowest BCUT2D eigenvalue weighted by Crippen LogP contribution is -2.42. The van der Waals surface area contributed by atoms with Gasteiger partial charge in [0.1, 0.15) is 11.3 Å². The molecule has 3 aromatic rings. The highest BCUT2D eigenvalue weighted by atomic mass is 19.1. The van der Waals surface area contributed by atoms with Crippen LogP contribution in [0.15, 0.2) is 24.5 Å². The average molecular weight is 411 g/mol. The van der Waals surface area contributed by atoms with Crippen LogP contribution in [0.5, 0.6) is 0 Å². The molecule has 9 heteroatoms. The smallest absolute Gasteiger partial charge is 0.227 e. The summed E-state index contributed by atoms with van der Waals surface area (Å²) in [7, 11) is 0. The van der Waals surface area contributed by atoms with Gasteiger partial charge in [0.25, 0.3) is 0 Å². The number of aromatic amines is 1. The molecule has 1 aliphatic heterocycles. The predicted molar refractivity (Wildman–Crippen MR) is 115 cm³/mol. The SMILES string of the molecule is C[C@H]1CCc2cc(F)ccc2N1C(=O)CCCCCNc1nc(N)nc2nc[nH]c12. The van der Waals surface area contributed by atoms with Gasteiger partial charge in [-0.1, -0.05) is 6.42 Å². The highest BCUT2D eigenvalue weighted by Crippen LogP contribution is 2.32. The number of imidazole rings is 1. The number of nitrogens with two attached hydrogens (primary N) is 1. The van der Waals surface area contributed by atoms with Crippen LogP contribution in [0.3, 0.4) is 0 Å². The Bertz CT molecular complexity index is 1050. The van der Waals surface area contributed by atoms with Gasteiger partial charge in [0, 0.05) is 24.7 Å². The van der Waals surface area contributed by atoms with E-state index >= 15 is 0 Å². The summed E-state index contributed by atoms with van der Waals surface area (Å²) in [4.78, 5) is 30.1. The molecule has 2 aromatic heterocycles. The summed E-state index contributed by atoms with van der Waals surface area (Å²) in [5.41, 5.74) is 8.75. The van der Waals surface area contributed by atoms with Crippen LogP contribution in [-0.4, -0.2) is 38.4 Å². The molecule has 1 atom stereocenters. The van der Waals surface area contributed by atoms with E-state index in [0.717, 1.165) is 48.9 Å². The summed E-state index contributed by atoms with van der Waals surface area (Å²) in [6, 6.07) is 4.84. The molecule has 0 bridgehead atoms. The van der Waals surface area contributed by atoms with Gasteiger partial charge in [-0.05, 0) is 56.4 Å². The zero-order valence-electron chi connectivity index (χ0n) is 17.0. The van der Waals surface area contributed by atoms with Crippen LogP contribution >= 0.6 is 0 Å². The van der Waals surface area contributed by atoms with E-state index in [4.69, 9.17) is 5.73 Å². The molecule has 4 N–H and O–H groups in total. The van der Waals surface area contributed by atoms with Crippen molar-refractivity contribution in [2.45, 2.75) is 51.5 Å². The van der Waals surface area contributed by atoms with Crippen molar-refractivity contribution in [2.24, 2.45) is 0 Å². The molecule has 0 spiro atoms. The monoisotopic (exact) mass is 411 g/mol. The summed E-state index contributed by atoms with van der Waals surface area (Å²) in [5, 5.41) is 3.26. The summed E-state index contributed by atoms with van der Waals surface area (Å²) < 4.78 is 13.5. The van der Waals surface area contributed by atoms with E-state index < -0.39 is 0 Å². The number of carbonyl (C=O) groups excluding carboxylic acids is 1. The number of amides is 1. The van der Waals surface area contributed by atoms with Crippen molar-refractivity contribution in [1.29, 1.82) is 0 Å². The highest BCUT2D eigenvalue weighted by molar-refractivity contribution is 5.95. The number of halogens is 1. The van der Waals surface area contributed by atoms with Crippen LogP contribution in [0, 0.1) is 5.82 Å².